The van der Waals surface area contributed by atoms with Crippen LogP contribution in [0.15, 0.2) is 47.5 Å². The van der Waals surface area contributed by atoms with Gasteiger partial charge in [-0.05, 0) is 43.2 Å². The second-order valence-electron chi connectivity index (χ2n) is 9.70. The number of benzene rings is 1. The molecule has 0 fully saturated rings. The molecule has 1 amide bonds. The van der Waals surface area contributed by atoms with Crippen molar-refractivity contribution in [3.05, 3.63) is 53.9 Å². The quantitative estimate of drug-likeness (QED) is 0.596. The molecule has 1 aliphatic rings. The highest BCUT2D eigenvalue weighted by atomic mass is 32.2. The lowest BCUT2D eigenvalue weighted by Crippen LogP contribution is -2.50. The monoisotopic (exact) mass is 513 g/mol. The van der Waals surface area contributed by atoms with Crippen LogP contribution in [0.2, 0.25) is 0 Å². The average molecular weight is 514 g/mol. The largest absolute Gasteiger partial charge is 0.487 e. The first-order valence-electron chi connectivity index (χ1n) is 12.1. The number of pyridine rings is 1. The fourth-order valence-corrected chi connectivity index (χ4v) is 5.74. The first-order chi connectivity index (χ1) is 17.0. The van der Waals surface area contributed by atoms with Crippen LogP contribution in [0.5, 0.6) is 5.75 Å². The van der Waals surface area contributed by atoms with E-state index in [0.29, 0.717) is 17.2 Å². The van der Waals surface area contributed by atoms with Crippen molar-refractivity contribution in [1.82, 2.24) is 14.2 Å². The van der Waals surface area contributed by atoms with Gasteiger partial charge in [-0.15, -0.1) is 0 Å². The van der Waals surface area contributed by atoms with Gasteiger partial charge in [0, 0.05) is 43.7 Å². The van der Waals surface area contributed by atoms with Gasteiger partial charge in [0.05, 0.1) is 13.2 Å². The van der Waals surface area contributed by atoms with Crippen molar-refractivity contribution in [3.63, 3.8) is 0 Å². The number of likely N-dealkylation sites (N-methyl/N-ethyl adjacent to an activating group) is 1. The molecule has 0 unspecified atom stereocenters. The maximum Gasteiger partial charge on any atom is 0.272 e. The van der Waals surface area contributed by atoms with E-state index < -0.39 is 22.2 Å². The fourth-order valence-electron chi connectivity index (χ4n) is 3.92. The molecule has 1 aromatic carbocycles. The number of hydrogen-bond acceptors (Lipinski definition) is 6. The first kappa shape index (κ1) is 27.7. The molecule has 3 rings (SSSR count). The Hall–Kier alpha value is -2.93. The number of sulfonamides is 1. The van der Waals surface area contributed by atoms with Crippen molar-refractivity contribution >= 4 is 15.9 Å². The SMILES string of the molecule is CC(C)CC#Cc1ccc2c(c1)O[C@H](CN(C)C(=O)c1ccccn1)[C@@H](C)CN([C@H](C)CO)S2(=O)=O. The van der Waals surface area contributed by atoms with Crippen LogP contribution in [0.25, 0.3) is 0 Å². The minimum absolute atomic E-state index is 0.0211. The molecule has 2 heterocycles. The second kappa shape index (κ2) is 11.9. The van der Waals surface area contributed by atoms with E-state index in [-0.39, 0.29) is 42.2 Å². The van der Waals surface area contributed by atoms with Gasteiger partial charge in [0.15, 0.2) is 0 Å². The molecule has 0 radical (unpaired) electrons. The number of rotatable bonds is 6. The molecule has 1 N–H and O–H groups in total. The Morgan fingerprint density at radius 2 is 2.03 bits per heavy atom. The molecule has 1 aromatic heterocycles. The summed E-state index contributed by atoms with van der Waals surface area (Å²) in [4.78, 5) is 18.6. The van der Waals surface area contributed by atoms with Crippen molar-refractivity contribution < 1.29 is 23.1 Å². The number of hydrogen-bond donors (Lipinski definition) is 1. The first-order valence-corrected chi connectivity index (χ1v) is 13.6. The zero-order chi connectivity index (χ0) is 26.5. The predicted octanol–water partition coefficient (Wildman–Crippen LogP) is 3.02. The molecule has 194 valence electrons. The Morgan fingerprint density at radius 3 is 2.67 bits per heavy atom. The summed E-state index contributed by atoms with van der Waals surface area (Å²) in [5, 5.41) is 9.80. The van der Waals surface area contributed by atoms with E-state index in [1.807, 2.05) is 6.92 Å². The summed E-state index contributed by atoms with van der Waals surface area (Å²) >= 11 is 0. The average Bonchev–Trinajstić information content (AvgIpc) is 2.85. The Bertz CT molecular complexity index is 1220. The molecule has 0 aliphatic carbocycles. The normalized spacial score (nSPS) is 20.2. The van der Waals surface area contributed by atoms with Gasteiger partial charge in [0.25, 0.3) is 5.91 Å². The third-order valence-corrected chi connectivity index (χ3v) is 8.11. The maximum absolute atomic E-state index is 13.6. The van der Waals surface area contributed by atoms with Gasteiger partial charge in [-0.3, -0.25) is 9.78 Å². The van der Waals surface area contributed by atoms with Gasteiger partial charge in [-0.1, -0.05) is 38.7 Å². The Kier molecular flexibility index (Phi) is 9.12. The number of fused-ring (bicyclic) bond motifs is 1. The number of aromatic nitrogens is 1. The van der Waals surface area contributed by atoms with E-state index in [2.05, 4.69) is 30.7 Å². The molecule has 2 aromatic rings. The van der Waals surface area contributed by atoms with E-state index in [1.165, 1.54) is 15.3 Å². The van der Waals surface area contributed by atoms with Crippen LogP contribution in [-0.4, -0.2) is 72.5 Å². The minimum atomic E-state index is -3.94. The zero-order valence-electron chi connectivity index (χ0n) is 21.5. The van der Waals surface area contributed by atoms with Gasteiger partial charge >= 0.3 is 0 Å². The van der Waals surface area contributed by atoms with Crippen LogP contribution in [0.1, 0.15) is 50.2 Å². The third-order valence-electron chi connectivity index (χ3n) is 6.09. The summed E-state index contributed by atoms with van der Waals surface area (Å²) < 4.78 is 34.8. The summed E-state index contributed by atoms with van der Waals surface area (Å²) in [5.74, 6) is 6.29. The lowest BCUT2D eigenvalue weighted by atomic mass is 10.0. The Balaban J connectivity index is 2.00. The topological polar surface area (TPSA) is 100 Å². The molecule has 36 heavy (non-hydrogen) atoms. The molecule has 0 saturated heterocycles. The van der Waals surface area contributed by atoms with Crippen LogP contribution in [-0.2, 0) is 10.0 Å². The number of carbonyl (C=O) groups is 1. The molecule has 0 saturated carbocycles. The Morgan fingerprint density at radius 1 is 1.28 bits per heavy atom. The van der Waals surface area contributed by atoms with Crippen molar-refractivity contribution in [2.45, 2.75) is 51.2 Å². The fraction of sp³-hybridized carbons (Fsp3) is 0.481. The lowest BCUT2D eigenvalue weighted by molar-refractivity contribution is 0.0559. The van der Waals surface area contributed by atoms with E-state index in [0.717, 1.165) is 6.42 Å². The summed E-state index contributed by atoms with van der Waals surface area (Å²) in [6.07, 6.45) is 1.77. The van der Waals surface area contributed by atoms with Crippen molar-refractivity contribution in [2.75, 3.05) is 26.7 Å². The van der Waals surface area contributed by atoms with Gasteiger partial charge < -0.3 is 14.7 Å². The molecule has 0 bridgehead atoms. The minimum Gasteiger partial charge on any atom is -0.487 e. The standard InChI is InChI=1S/C27H35N3O5S/c1-19(2)9-8-10-22-12-13-26-24(15-22)35-25(17-29(5)27(32)23-11-6-7-14-28-23)20(3)16-30(21(4)18-31)36(26,33)34/h6-7,11-15,19-21,25,31H,9,16-18H2,1-5H3/t20-,21+,25+/m0/s1. The summed E-state index contributed by atoms with van der Waals surface area (Å²) in [6.45, 7) is 7.75. The van der Waals surface area contributed by atoms with E-state index in [1.54, 1.807) is 50.5 Å². The highest BCUT2D eigenvalue weighted by Crippen LogP contribution is 2.34. The van der Waals surface area contributed by atoms with E-state index in [4.69, 9.17) is 4.74 Å². The van der Waals surface area contributed by atoms with Gasteiger partial charge in [0.1, 0.15) is 22.4 Å². The zero-order valence-corrected chi connectivity index (χ0v) is 22.3. The predicted molar refractivity (Wildman–Crippen MR) is 138 cm³/mol. The summed E-state index contributed by atoms with van der Waals surface area (Å²) in [7, 11) is -2.27. The third kappa shape index (κ3) is 6.44. The van der Waals surface area contributed by atoms with Gasteiger partial charge in [0.2, 0.25) is 10.0 Å². The molecular formula is C27H35N3O5S. The van der Waals surface area contributed by atoms with Crippen LogP contribution in [0, 0.1) is 23.7 Å². The van der Waals surface area contributed by atoms with Crippen molar-refractivity contribution in [2.24, 2.45) is 11.8 Å². The summed E-state index contributed by atoms with van der Waals surface area (Å²) in [5.41, 5.74) is 0.968. The highest BCUT2D eigenvalue weighted by molar-refractivity contribution is 7.89. The van der Waals surface area contributed by atoms with Crippen LogP contribution in [0.4, 0.5) is 0 Å². The molecule has 9 heteroatoms. The molecule has 3 atom stereocenters. The number of amides is 1. The second-order valence-corrected chi connectivity index (χ2v) is 11.6. The number of nitrogens with zero attached hydrogens (tertiary/aromatic N) is 3. The number of aliphatic hydroxyl groups excluding tert-OH is 1. The van der Waals surface area contributed by atoms with Crippen LogP contribution in [0.3, 0.4) is 0 Å². The van der Waals surface area contributed by atoms with Crippen molar-refractivity contribution in [3.8, 4) is 17.6 Å². The lowest BCUT2D eigenvalue weighted by Gasteiger charge is -2.37. The Labute approximate surface area is 214 Å². The summed E-state index contributed by atoms with van der Waals surface area (Å²) in [6, 6.07) is 9.35. The highest BCUT2D eigenvalue weighted by Gasteiger charge is 2.38. The van der Waals surface area contributed by atoms with E-state index in [9.17, 15) is 18.3 Å². The van der Waals surface area contributed by atoms with Crippen LogP contribution >= 0.6 is 0 Å². The number of ether oxygens (including phenoxy) is 1. The number of aliphatic hydroxyl groups is 1. The van der Waals surface area contributed by atoms with Crippen molar-refractivity contribution in [1.29, 1.82) is 0 Å². The van der Waals surface area contributed by atoms with E-state index >= 15 is 0 Å². The molecular weight excluding hydrogens is 478 g/mol. The number of carbonyl (C=O) groups excluding carboxylic acids is 1. The molecule has 1 aliphatic heterocycles. The smallest absolute Gasteiger partial charge is 0.272 e. The van der Waals surface area contributed by atoms with Crippen LogP contribution < -0.4 is 4.74 Å². The molecule has 8 nitrogen and oxygen atoms in total. The maximum atomic E-state index is 13.6. The van der Waals surface area contributed by atoms with Gasteiger partial charge in [-0.25, -0.2) is 8.42 Å². The molecule has 0 spiro atoms. The van der Waals surface area contributed by atoms with Gasteiger partial charge in [-0.2, -0.15) is 4.31 Å².